The summed E-state index contributed by atoms with van der Waals surface area (Å²) in [6, 6.07) is 15.7. The molecule has 2 aromatic carbocycles. The van der Waals surface area contributed by atoms with E-state index in [9.17, 15) is 18.0 Å². The zero-order chi connectivity index (χ0) is 22.4. The number of anilines is 1. The number of nitrogens with one attached hydrogen (secondary N) is 2. The van der Waals surface area contributed by atoms with Crippen molar-refractivity contribution in [2.45, 2.75) is 31.4 Å². The Balaban J connectivity index is 1.62. The predicted molar refractivity (Wildman–Crippen MR) is 114 cm³/mol. The Morgan fingerprint density at radius 1 is 1.06 bits per heavy atom. The average Bonchev–Trinajstić information content (AvgIpc) is 3.27. The van der Waals surface area contributed by atoms with Gasteiger partial charge in [0, 0.05) is 11.3 Å². The van der Waals surface area contributed by atoms with Crippen molar-refractivity contribution in [2.24, 2.45) is 0 Å². The molecule has 3 rings (SSSR count). The van der Waals surface area contributed by atoms with Crippen LogP contribution < -0.4 is 14.8 Å². The van der Waals surface area contributed by atoms with Gasteiger partial charge in [-0.15, -0.1) is 0 Å². The van der Waals surface area contributed by atoms with Crippen molar-refractivity contribution in [1.82, 2.24) is 4.72 Å². The highest BCUT2D eigenvalue weighted by Gasteiger charge is 2.18. The van der Waals surface area contributed by atoms with Crippen LogP contribution in [0.5, 0.6) is 5.75 Å². The molecule has 0 unspecified atom stereocenters. The molecule has 9 heteroatoms. The molecule has 0 aliphatic carbocycles. The quantitative estimate of drug-likeness (QED) is 0.491. The number of hydrogen-bond donors (Lipinski definition) is 2. The molecule has 162 valence electrons. The van der Waals surface area contributed by atoms with Crippen LogP contribution in [0.1, 0.15) is 30.0 Å². The van der Waals surface area contributed by atoms with Gasteiger partial charge in [-0.05, 0) is 68.4 Å². The summed E-state index contributed by atoms with van der Waals surface area (Å²) in [5.74, 6) is 0.404. The van der Waals surface area contributed by atoms with Crippen LogP contribution in [-0.4, -0.2) is 26.2 Å². The van der Waals surface area contributed by atoms with E-state index in [-0.39, 0.29) is 17.2 Å². The molecule has 0 aliphatic rings. The van der Waals surface area contributed by atoms with Gasteiger partial charge in [-0.25, -0.2) is 13.1 Å². The molecule has 0 fully saturated rings. The second-order valence-electron chi connectivity index (χ2n) is 6.76. The molecule has 0 saturated carbocycles. The lowest BCUT2D eigenvalue weighted by Crippen LogP contribution is -2.30. The third-order valence-electron chi connectivity index (χ3n) is 4.37. The van der Waals surface area contributed by atoms with E-state index in [1.165, 1.54) is 31.4 Å². The van der Waals surface area contributed by atoms with Gasteiger partial charge in [0.05, 0.1) is 17.7 Å². The normalized spacial score (nSPS) is 12.2. The van der Waals surface area contributed by atoms with Crippen LogP contribution >= 0.6 is 0 Å². The van der Waals surface area contributed by atoms with Crippen molar-refractivity contribution in [3.05, 3.63) is 78.3 Å². The molecule has 1 amide bonds. The third-order valence-corrected chi connectivity index (χ3v) is 5.77. The summed E-state index contributed by atoms with van der Waals surface area (Å²) in [7, 11) is -3.79. The molecule has 1 heterocycles. The summed E-state index contributed by atoms with van der Waals surface area (Å²) >= 11 is 0. The van der Waals surface area contributed by atoms with Crippen molar-refractivity contribution < 1.29 is 27.2 Å². The standard InChI is InChI=1S/C22H22N2O6S/c1-15(25)17-8-10-19(11-9-17)30-16(2)22(26)24-18-5-3-7-21(13-18)31(27,28)23-14-20-6-4-12-29-20/h3-13,16,23H,14H2,1-2H3,(H,24,26)/t16-/m0/s1. The topological polar surface area (TPSA) is 115 Å². The zero-order valence-corrected chi connectivity index (χ0v) is 17.8. The van der Waals surface area contributed by atoms with E-state index in [2.05, 4.69) is 10.0 Å². The maximum Gasteiger partial charge on any atom is 0.265 e. The first-order chi connectivity index (χ1) is 14.7. The molecule has 1 atom stereocenters. The maximum absolute atomic E-state index is 12.5. The molecular weight excluding hydrogens is 420 g/mol. The molecule has 31 heavy (non-hydrogen) atoms. The molecule has 0 saturated heterocycles. The second kappa shape index (κ2) is 9.59. The summed E-state index contributed by atoms with van der Waals surface area (Å²) in [5.41, 5.74) is 0.858. The first kappa shape index (κ1) is 22.3. The molecule has 3 aromatic rings. The highest BCUT2D eigenvalue weighted by molar-refractivity contribution is 7.89. The summed E-state index contributed by atoms with van der Waals surface area (Å²) in [6.45, 7) is 3.05. The Bertz CT molecular complexity index is 1150. The number of rotatable bonds is 9. The minimum atomic E-state index is -3.79. The lowest BCUT2D eigenvalue weighted by molar-refractivity contribution is -0.122. The minimum Gasteiger partial charge on any atom is -0.481 e. The fraction of sp³-hybridized carbons (Fsp3) is 0.182. The second-order valence-corrected chi connectivity index (χ2v) is 8.53. The van der Waals surface area contributed by atoms with Crippen molar-refractivity contribution in [3.63, 3.8) is 0 Å². The Morgan fingerprint density at radius 3 is 2.45 bits per heavy atom. The van der Waals surface area contributed by atoms with Gasteiger partial charge in [-0.1, -0.05) is 6.07 Å². The van der Waals surface area contributed by atoms with E-state index in [4.69, 9.17) is 9.15 Å². The van der Waals surface area contributed by atoms with Crippen LogP contribution in [0.2, 0.25) is 0 Å². The monoisotopic (exact) mass is 442 g/mol. The van der Waals surface area contributed by atoms with E-state index < -0.39 is 22.0 Å². The first-order valence-corrected chi connectivity index (χ1v) is 10.9. The van der Waals surface area contributed by atoms with Crippen LogP contribution in [0.25, 0.3) is 0 Å². The smallest absolute Gasteiger partial charge is 0.265 e. The first-order valence-electron chi connectivity index (χ1n) is 9.45. The largest absolute Gasteiger partial charge is 0.481 e. The Labute approximate surface area is 180 Å². The van der Waals surface area contributed by atoms with Gasteiger partial charge < -0.3 is 14.5 Å². The number of carbonyl (C=O) groups excluding carboxylic acids is 2. The van der Waals surface area contributed by atoms with Gasteiger partial charge in [0.15, 0.2) is 11.9 Å². The molecular formula is C22H22N2O6S. The molecule has 2 N–H and O–H groups in total. The number of Topliss-reactive ketones (excluding diaryl/α,β-unsaturated/α-hetero) is 1. The third kappa shape index (κ3) is 6.03. The van der Waals surface area contributed by atoms with Crippen molar-refractivity contribution in [1.29, 1.82) is 0 Å². The minimum absolute atomic E-state index is 0.00486. The van der Waals surface area contributed by atoms with Crippen LogP contribution in [0, 0.1) is 0 Å². The lowest BCUT2D eigenvalue weighted by atomic mass is 10.1. The van der Waals surface area contributed by atoms with Gasteiger partial charge in [0.1, 0.15) is 11.5 Å². The van der Waals surface area contributed by atoms with Gasteiger partial charge >= 0.3 is 0 Å². The Hall–Kier alpha value is -3.43. The predicted octanol–water partition coefficient (Wildman–Crippen LogP) is 3.37. The molecule has 8 nitrogen and oxygen atoms in total. The molecule has 0 radical (unpaired) electrons. The summed E-state index contributed by atoms with van der Waals surface area (Å²) < 4.78 is 38.2. The lowest BCUT2D eigenvalue weighted by Gasteiger charge is -2.15. The van der Waals surface area contributed by atoms with Crippen LogP contribution in [0.3, 0.4) is 0 Å². The van der Waals surface area contributed by atoms with Crippen molar-refractivity contribution >= 4 is 27.4 Å². The summed E-state index contributed by atoms with van der Waals surface area (Å²) in [6.07, 6.45) is 0.612. The SMILES string of the molecule is CC(=O)c1ccc(O[C@@H](C)C(=O)Nc2cccc(S(=O)(=O)NCc3ccco3)c2)cc1. The molecule has 1 aromatic heterocycles. The van der Waals surface area contributed by atoms with Gasteiger partial charge in [0.25, 0.3) is 5.91 Å². The van der Waals surface area contributed by atoms with Gasteiger partial charge in [-0.2, -0.15) is 0 Å². The average molecular weight is 442 g/mol. The molecule has 0 bridgehead atoms. The number of hydrogen-bond acceptors (Lipinski definition) is 6. The number of benzene rings is 2. The maximum atomic E-state index is 12.5. The van der Waals surface area contributed by atoms with Crippen LogP contribution in [0.4, 0.5) is 5.69 Å². The molecule has 0 spiro atoms. The number of furan rings is 1. The molecule has 0 aliphatic heterocycles. The summed E-state index contributed by atoms with van der Waals surface area (Å²) in [4.78, 5) is 23.8. The van der Waals surface area contributed by atoms with E-state index in [0.29, 0.717) is 22.8 Å². The fourth-order valence-electron chi connectivity index (χ4n) is 2.67. The Kier molecular flexibility index (Phi) is 6.88. The van der Waals surface area contributed by atoms with Gasteiger partial charge in [-0.3, -0.25) is 9.59 Å². The number of ether oxygens (including phenoxy) is 1. The zero-order valence-electron chi connectivity index (χ0n) is 17.0. The van der Waals surface area contributed by atoms with Crippen molar-refractivity contribution in [2.75, 3.05) is 5.32 Å². The summed E-state index contributed by atoms with van der Waals surface area (Å²) in [5, 5.41) is 2.64. The number of amides is 1. The highest BCUT2D eigenvalue weighted by atomic mass is 32.2. The van der Waals surface area contributed by atoms with E-state index in [0.717, 1.165) is 0 Å². The highest BCUT2D eigenvalue weighted by Crippen LogP contribution is 2.18. The van der Waals surface area contributed by atoms with E-state index in [1.807, 2.05) is 0 Å². The van der Waals surface area contributed by atoms with E-state index >= 15 is 0 Å². The van der Waals surface area contributed by atoms with Crippen LogP contribution in [-0.2, 0) is 21.4 Å². The van der Waals surface area contributed by atoms with Crippen molar-refractivity contribution in [3.8, 4) is 5.75 Å². The van der Waals surface area contributed by atoms with Crippen LogP contribution in [0.15, 0.2) is 76.2 Å². The van der Waals surface area contributed by atoms with Gasteiger partial charge in [0.2, 0.25) is 10.0 Å². The fourth-order valence-corrected chi connectivity index (χ4v) is 3.71. The number of ketones is 1. The number of carbonyl (C=O) groups is 2. The Morgan fingerprint density at radius 2 is 1.81 bits per heavy atom. The van der Waals surface area contributed by atoms with E-state index in [1.54, 1.807) is 49.4 Å². The number of sulfonamides is 1.